The number of hydrogen-bond donors (Lipinski definition) is 1. The van der Waals surface area contributed by atoms with Gasteiger partial charge in [0.15, 0.2) is 0 Å². The van der Waals surface area contributed by atoms with Gasteiger partial charge in [-0.3, -0.25) is 4.55 Å². The Balaban J connectivity index is 3.17. The summed E-state index contributed by atoms with van der Waals surface area (Å²) in [6.07, 6.45) is -8.97. The molecular weight excluding hydrogens is 268 g/mol. The van der Waals surface area contributed by atoms with Crippen molar-refractivity contribution in [3.8, 4) is 5.75 Å². The second-order valence-electron chi connectivity index (χ2n) is 2.89. The van der Waals surface area contributed by atoms with Crippen LogP contribution in [0.4, 0.5) is 17.6 Å². The van der Waals surface area contributed by atoms with E-state index in [1.165, 1.54) is 0 Å². The third kappa shape index (κ3) is 3.30. The molecule has 0 aromatic heterocycles. The zero-order valence-electron chi connectivity index (χ0n) is 7.98. The smallest absolute Gasteiger partial charge is 0.427 e. The molecule has 0 atom stereocenters. The van der Waals surface area contributed by atoms with Crippen molar-refractivity contribution in [1.82, 2.24) is 0 Å². The van der Waals surface area contributed by atoms with Crippen LogP contribution in [0.2, 0.25) is 0 Å². The van der Waals surface area contributed by atoms with Crippen LogP contribution in [-0.2, 0) is 10.1 Å². The summed E-state index contributed by atoms with van der Waals surface area (Å²) in [6, 6.07) is 3.66. The summed E-state index contributed by atoms with van der Waals surface area (Å²) < 4.78 is 82.6. The van der Waals surface area contributed by atoms with Crippen LogP contribution in [0.3, 0.4) is 0 Å². The van der Waals surface area contributed by atoms with Crippen LogP contribution in [0.25, 0.3) is 0 Å². The minimum atomic E-state index is -4.85. The van der Waals surface area contributed by atoms with Crippen molar-refractivity contribution in [2.75, 3.05) is 0 Å². The van der Waals surface area contributed by atoms with E-state index < -0.39 is 33.3 Å². The number of alkyl halides is 4. The number of hydrogen-bond acceptors (Lipinski definition) is 3. The van der Waals surface area contributed by atoms with Crippen molar-refractivity contribution < 1.29 is 35.3 Å². The average Bonchev–Trinajstić information content (AvgIpc) is 2.15. The summed E-state index contributed by atoms with van der Waals surface area (Å²) in [5.41, 5.74) is 0. The molecule has 0 amide bonds. The largest absolute Gasteiger partial charge is 0.461 e. The first-order valence-electron chi connectivity index (χ1n) is 4.06. The van der Waals surface area contributed by atoms with Gasteiger partial charge in [0.2, 0.25) is 0 Å². The van der Waals surface area contributed by atoms with Crippen LogP contribution in [0, 0.1) is 0 Å². The monoisotopic (exact) mass is 274 g/mol. The summed E-state index contributed by atoms with van der Waals surface area (Å²) in [7, 11) is -4.83. The van der Waals surface area contributed by atoms with Gasteiger partial charge in [-0.2, -0.15) is 26.0 Å². The highest BCUT2D eigenvalue weighted by atomic mass is 32.2. The number of ether oxygens (including phenoxy) is 1. The second-order valence-corrected chi connectivity index (χ2v) is 4.28. The van der Waals surface area contributed by atoms with Gasteiger partial charge in [-0.1, -0.05) is 12.1 Å². The quantitative estimate of drug-likeness (QED) is 0.675. The van der Waals surface area contributed by atoms with E-state index >= 15 is 0 Å². The summed E-state index contributed by atoms with van der Waals surface area (Å²) >= 11 is 0. The standard InChI is InChI=1S/C8H6F4O4S/c9-7(10)8(11,12)16-5-3-1-2-4-6(5)17(13,14)15/h1-4,7H,(H,13,14,15). The lowest BCUT2D eigenvalue weighted by Crippen LogP contribution is -2.33. The van der Waals surface area contributed by atoms with Gasteiger partial charge in [-0.05, 0) is 12.1 Å². The van der Waals surface area contributed by atoms with Gasteiger partial charge in [-0.25, -0.2) is 0 Å². The Morgan fingerprint density at radius 1 is 1.24 bits per heavy atom. The van der Waals surface area contributed by atoms with Crippen molar-refractivity contribution in [2.24, 2.45) is 0 Å². The van der Waals surface area contributed by atoms with Crippen LogP contribution >= 0.6 is 0 Å². The van der Waals surface area contributed by atoms with E-state index in [-0.39, 0.29) is 0 Å². The zero-order chi connectivity index (χ0) is 13.3. The predicted octanol–water partition coefficient (Wildman–Crippen LogP) is 2.17. The predicted molar refractivity (Wildman–Crippen MR) is 47.8 cm³/mol. The maximum absolute atomic E-state index is 12.6. The fraction of sp³-hybridized carbons (Fsp3) is 0.250. The molecule has 0 bridgehead atoms. The van der Waals surface area contributed by atoms with Crippen molar-refractivity contribution in [2.45, 2.75) is 17.4 Å². The Hall–Kier alpha value is -1.35. The first kappa shape index (κ1) is 13.7. The lowest BCUT2D eigenvalue weighted by molar-refractivity contribution is -0.254. The molecule has 1 N–H and O–H groups in total. The minimum absolute atomic E-state index is 0.722. The maximum Gasteiger partial charge on any atom is 0.461 e. The third-order valence-corrected chi connectivity index (χ3v) is 2.52. The molecule has 0 aliphatic rings. The molecule has 0 aliphatic carbocycles. The average molecular weight is 274 g/mol. The number of rotatable bonds is 4. The van der Waals surface area contributed by atoms with Crippen LogP contribution < -0.4 is 4.74 Å². The summed E-state index contributed by atoms with van der Waals surface area (Å²) in [5, 5.41) is 0. The van der Waals surface area contributed by atoms with Crippen LogP contribution in [0.5, 0.6) is 5.75 Å². The minimum Gasteiger partial charge on any atom is -0.427 e. The molecule has 17 heavy (non-hydrogen) atoms. The number of para-hydroxylation sites is 1. The molecule has 0 radical (unpaired) electrons. The molecule has 96 valence electrons. The third-order valence-electron chi connectivity index (χ3n) is 1.63. The molecule has 1 aromatic carbocycles. The molecule has 0 saturated carbocycles. The topological polar surface area (TPSA) is 63.6 Å². The summed E-state index contributed by atoms with van der Waals surface area (Å²) in [4.78, 5) is -1.01. The zero-order valence-corrected chi connectivity index (χ0v) is 8.80. The molecule has 1 aromatic rings. The molecule has 0 spiro atoms. The summed E-state index contributed by atoms with van der Waals surface area (Å²) in [6.45, 7) is 0. The van der Waals surface area contributed by atoms with Gasteiger partial charge < -0.3 is 4.74 Å². The van der Waals surface area contributed by atoms with Gasteiger partial charge in [-0.15, -0.1) is 0 Å². The van der Waals surface area contributed by atoms with Gasteiger partial charge >= 0.3 is 12.5 Å². The van der Waals surface area contributed by atoms with Gasteiger partial charge in [0.05, 0.1) is 0 Å². The van der Waals surface area contributed by atoms with E-state index in [0.29, 0.717) is 0 Å². The Kier molecular flexibility index (Phi) is 3.62. The number of halogens is 4. The molecule has 9 heteroatoms. The lowest BCUT2D eigenvalue weighted by Gasteiger charge is -2.17. The molecule has 0 aliphatic heterocycles. The second kappa shape index (κ2) is 4.49. The van der Waals surface area contributed by atoms with Crippen LogP contribution in [0.1, 0.15) is 0 Å². The first-order valence-corrected chi connectivity index (χ1v) is 5.50. The van der Waals surface area contributed by atoms with E-state index in [4.69, 9.17) is 4.55 Å². The fourth-order valence-electron chi connectivity index (χ4n) is 0.939. The van der Waals surface area contributed by atoms with Gasteiger partial charge in [0, 0.05) is 0 Å². The molecule has 1 rings (SSSR count). The van der Waals surface area contributed by atoms with E-state index in [9.17, 15) is 26.0 Å². The SMILES string of the molecule is O=S(=O)(O)c1ccccc1OC(F)(F)C(F)F. The van der Waals surface area contributed by atoms with Crippen LogP contribution in [0.15, 0.2) is 29.2 Å². The normalized spacial score (nSPS) is 12.8. The van der Waals surface area contributed by atoms with Crippen molar-refractivity contribution in [3.05, 3.63) is 24.3 Å². The van der Waals surface area contributed by atoms with Gasteiger partial charge in [0.25, 0.3) is 10.1 Å². The highest BCUT2D eigenvalue weighted by molar-refractivity contribution is 7.86. The Bertz CT molecular complexity index is 500. The highest BCUT2D eigenvalue weighted by Gasteiger charge is 2.44. The van der Waals surface area contributed by atoms with E-state index in [1.54, 1.807) is 0 Å². The van der Waals surface area contributed by atoms with E-state index in [0.717, 1.165) is 24.3 Å². The lowest BCUT2D eigenvalue weighted by atomic mass is 10.3. The van der Waals surface area contributed by atoms with Crippen molar-refractivity contribution in [1.29, 1.82) is 0 Å². The van der Waals surface area contributed by atoms with Crippen LogP contribution in [-0.4, -0.2) is 25.5 Å². The Morgan fingerprint density at radius 3 is 2.24 bits per heavy atom. The molecule has 0 unspecified atom stereocenters. The molecule has 0 fully saturated rings. The fourth-order valence-corrected chi connectivity index (χ4v) is 1.55. The number of benzene rings is 1. The summed E-state index contributed by atoms with van der Waals surface area (Å²) in [5.74, 6) is -1.06. The molecule has 0 saturated heterocycles. The Labute approximate surface area is 93.6 Å². The van der Waals surface area contributed by atoms with E-state index in [2.05, 4.69) is 4.74 Å². The molecule has 0 heterocycles. The van der Waals surface area contributed by atoms with Crippen molar-refractivity contribution in [3.63, 3.8) is 0 Å². The van der Waals surface area contributed by atoms with E-state index in [1.807, 2.05) is 0 Å². The molecule has 4 nitrogen and oxygen atoms in total. The Morgan fingerprint density at radius 2 is 1.76 bits per heavy atom. The first-order chi connectivity index (χ1) is 7.64. The maximum atomic E-state index is 12.6. The molecular formula is C8H6F4O4S. The van der Waals surface area contributed by atoms with Crippen molar-refractivity contribution >= 4 is 10.1 Å². The van der Waals surface area contributed by atoms with Gasteiger partial charge in [0.1, 0.15) is 10.6 Å². The highest BCUT2D eigenvalue weighted by Crippen LogP contribution is 2.31.